The summed E-state index contributed by atoms with van der Waals surface area (Å²) in [6.07, 6.45) is 3.77. The monoisotopic (exact) mass is 520 g/mol. The van der Waals surface area contributed by atoms with E-state index >= 15 is 0 Å². The van der Waals surface area contributed by atoms with Crippen molar-refractivity contribution in [1.82, 2.24) is 5.32 Å². The second-order valence-corrected chi connectivity index (χ2v) is 8.83. The van der Waals surface area contributed by atoms with Gasteiger partial charge in [0.05, 0.1) is 23.2 Å². The van der Waals surface area contributed by atoms with Crippen LogP contribution in [0.1, 0.15) is 35.2 Å². The number of amides is 1. The highest BCUT2D eigenvalue weighted by Gasteiger charge is 2.17. The Balaban J connectivity index is 1.87. The van der Waals surface area contributed by atoms with Crippen LogP contribution in [0.3, 0.4) is 0 Å². The Morgan fingerprint density at radius 1 is 1.14 bits per heavy atom. The van der Waals surface area contributed by atoms with Gasteiger partial charge >= 0.3 is 0 Å². The number of nitrogens with one attached hydrogen (secondary N) is 1. The van der Waals surface area contributed by atoms with Crippen molar-refractivity contribution < 1.29 is 14.3 Å². The number of carbonyl (C=O) groups is 1. The molecule has 0 bridgehead atoms. The SMILES string of the molecule is C=CCc1cc(/C=C(/C#N)C(=O)N[C@@H](C)c2ccccc2)cc(OC)c1OCc1ccc(Cl)c(Cl)c1. The molecule has 0 aromatic heterocycles. The zero-order valence-corrected chi connectivity index (χ0v) is 21.6. The first-order valence-electron chi connectivity index (χ1n) is 11.2. The average Bonchev–Trinajstić information content (AvgIpc) is 2.88. The number of hydrogen-bond donors (Lipinski definition) is 1. The molecule has 0 saturated heterocycles. The van der Waals surface area contributed by atoms with E-state index in [-0.39, 0.29) is 18.2 Å². The fourth-order valence-corrected chi connectivity index (χ4v) is 3.91. The van der Waals surface area contributed by atoms with Gasteiger partial charge in [0.15, 0.2) is 11.5 Å². The van der Waals surface area contributed by atoms with Gasteiger partial charge < -0.3 is 14.8 Å². The molecule has 1 amide bonds. The standard InChI is InChI=1S/C29H26Cl2N2O3/c1-4-8-23-13-21(14-24(17-32)29(34)33-19(2)22-9-6-5-7-10-22)16-27(35-3)28(23)36-18-20-11-12-25(30)26(31)15-20/h4-7,9-16,19H,1,8,18H2,2-3H3,(H,33,34)/b24-14-/t19-/m0/s1. The smallest absolute Gasteiger partial charge is 0.262 e. The molecule has 1 atom stereocenters. The van der Waals surface area contributed by atoms with Gasteiger partial charge in [-0.3, -0.25) is 4.79 Å². The van der Waals surface area contributed by atoms with Crippen LogP contribution in [0.2, 0.25) is 10.0 Å². The van der Waals surface area contributed by atoms with Crippen LogP contribution in [0.4, 0.5) is 0 Å². The zero-order chi connectivity index (χ0) is 26.1. The molecule has 3 rings (SSSR count). The van der Waals surface area contributed by atoms with E-state index in [1.807, 2.05) is 55.5 Å². The Morgan fingerprint density at radius 3 is 2.53 bits per heavy atom. The second-order valence-electron chi connectivity index (χ2n) is 8.02. The summed E-state index contributed by atoms with van der Waals surface area (Å²) in [4.78, 5) is 12.8. The number of ether oxygens (including phenoxy) is 2. The lowest BCUT2D eigenvalue weighted by atomic mass is 10.0. The van der Waals surface area contributed by atoms with E-state index in [1.54, 1.807) is 24.3 Å². The number of methoxy groups -OCH3 is 1. The van der Waals surface area contributed by atoms with Crippen LogP contribution in [0, 0.1) is 11.3 Å². The maximum atomic E-state index is 12.8. The van der Waals surface area contributed by atoms with Crippen LogP contribution in [0.5, 0.6) is 11.5 Å². The average molecular weight is 521 g/mol. The third-order valence-corrected chi connectivity index (χ3v) is 6.17. The van der Waals surface area contributed by atoms with Crippen molar-refractivity contribution in [3.05, 3.63) is 111 Å². The van der Waals surface area contributed by atoms with Crippen molar-refractivity contribution in [2.75, 3.05) is 7.11 Å². The van der Waals surface area contributed by atoms with Gasteiger partial charge in [-0.1, -0.05) is 65.7 Å². The van der Waals surface area contributed by atoms with Crippen molar-refractivity contribution >= 4 is 35.2 Å². The Kier molecular flexibility index (Phi) is 9.58. The summed E-state index contributed by atoms with van der Waals surface area (Å²) in [5.41, 5.74) is 3.20. The van der Waals surface area contributed by atoms with Crippen LogP contribution >= 0.6 is 23.2 Å². The normalized spacial score (nSPS) is 11.8. The van der Waals surface area contributed by atoms with E-state index < -0.39 is 5.91 Å². The molecule has 184 valence electrons. The minimum Gasteiger partial charge on any atom is -0.493 e. The highest BCUT2D eigenvalue weighted by Crippen LogP contribution is 2.35. The summed E-state index contributed by atoms with van der Waals surface area (Å²) < 4.78 is 11.7. The quantitative estimate of drug-likeness (QED) is 0.176. The van der Waals surface area contributed by atoms with Gasteiger partial charge in [-0.2, -0.15) is 5.26 Å². The molecule has 1 N–H and O–H groups in total. The number of benzene rings is 3. The Morgan fingerprint density at radius 2 is 1.89 bits per heavy atom. The van der Waals surface area contributed by atoms with Gasteiger partial charge in [0.1, 0.15) is 18.2 Å². The summed E-state index contributed by atoms with van der Waals surface area (Å²) in [7, 11) is 1.53. The van der Waals surface area contributed by atoms with Crippen LogP contribution in [-0.2, 0) is 17.8 Å². The van der Waals surface area contributed by atoms with E-state index in [0.29, 0.717) is 33.5 Å². The number of hydrogen-bond acceptors (Lipinski definition) is 4. The molecule has 0 spiro atoms. The summed E-state index contributed by atoms with van der Waals surface area (Å²) in [5.74, 6) is 0.551. The van der Waals surface area contributed by atoms with Crippen molar-refractivity contribution in [2.24, 2.45) is 0 Å². The number of carbonyl (C=O) groups excluding carboxylic acids is 1. The Bertz CT molecular complexity index is 1310. The first-order valence-corrected chi connectivity index (χ1v) is 12.0. The summed E-state index contributed by atoms with van der Waals surface area (Å²) in [6.45, 7) is 5.94. The highest BCUT2D eigenvalue weighted by molar-refractivity contribution is 6.42. The molecule has 3 aromatic carbocycles. The van der Waals surface area contributed by atoms with Gasteiger partial charge in [0.2, 0.25) is 0 Å². The van der Waals surface area contributed by atoms with E-state index in [4.69, 9.17) is 32.7 Å². The summed E-state index contributed by atoms with van der Waals surface area (Å²) in [5, 5.41) is 13.5. The number of halogens is 2. The first-order chi connectivity index (χ1) is 17.4. The van der Waals surface area contributed by atoms with Gasteiger partial charge in [-0.05, 0) is 60.4 Å². The molecule has 5 nitrogen and oxygen atoms in total. The highest BCUT2D eigenvalue weighted by atomic mass is 35.5. The molecular weight excluding hydrogens is 495 g/mol. The molecule has 0 unspecified atom stereocenters. The van der Waals surface area contributed by atoms with E-state index in [9.17, 15) is 10.1 Å². The minimum absolute atomic E-state index is 0.0196. The molecule has 0 aliphatic carbocycles. The second kappa shape index (κ2) is 12.8. The Labute approximate surface area is 221 Å². The minimum atomic E-state index is -0.460. The summed E-state index contributed by atoms with van der Waals surface area (Å²) in [6, 6.07) is 20.2. The molecule has 0 radical (unpaired) electrons. The molecule has 3 aromatic rings. The number of nitriles is 1. The summed E-state index contributed by atoms with van der Waals surface area (Å²) >= 11 is 12.1. The van der Waals surface area contributed by atoms with Crippen molar-refractivity contribution in [3.8, 4) is 17.6 Å². The van der Waals surface area contributed by atoms with Crippen LogP contribution in [-0.4, -0.2) is 13.0 Å². The maximum absolute atomic E-state index is 12.8. The number of allylic oxidation sites excluding steroid dienone is 1. The fourth-order valence-electron chi connectivity index (χ4n) is 3.59. The van der Waals surface area contributed by atoms with Crippen LogP contribution < -0.4 is 14.8 Å². The molecule has 0 fully saturated rings. The molecule has 36 heavy (non-hydrogen) atoms. The van der Waals surface area contributed by atoms with Crippen LogP contribution in [0.15, 0.2) is 78.9 Å². The number of rotatable bonds is 10. The Hall–Kier alpha value is -3.72. The van der Waals surface area contributed by atoms with E-state index in [1.165, 1.54) is 13.2 Å². The van der Waals surface area contributed by atoms with Gasteiger partial charge in [-0.25, -0.2) is 0 Å². The topological polar surface area (TPSA) is 71.4 Å². The molecule has 7 heteroatoms. The third kappa shape index (κ3) is 6.91. The van der Waals surface area contributed by atoms with Gasteiger partial charge in [0, 0.05) is 5.56 Å². The molecular formula is C29H26Cl2N2O3. The molecule has 0 saturated carbocycles. The molecule has 0 aliphatic heterocycles. The van der Waals surface area contributed by atoms with Crippen LogP contribution in [0.25, 0.3) is 6.08 Å². The molecule has 0 heterocycles. The largest absolute Gasteiger partial charge is 0.493 e. The molecule has 0 aliphatic rings. The predicted molar refractivity (Wildman–Crippen MR) is 144 cm³/mol. The lowest BCUT2D eigenvalue weighted by Gasteiger charge is -2.17. The van der Waals surface area contributed by atoms with Crippen molar-refractivity contribution in [1.29, 1.82) is 5.26 Å². The number of nitrogens with zero attached hydrogens (tertiary/aromatic N) is 1. The van der Waals surface area contributed by atoms with Crippen molar-refractivity contribution in [2.45, 2.75) is 26.0 Å². The predicted octanol–water partition coefficient (Wildman–Crippen LogP) is 7.09. The first kappa shape index (κ1) is 26.9. The third-order valence-electron chi connectivity index (χ3n) is 5.43. The van der Waals surface area contributed by atoms with Gasteiger partial charge in [-0.15, -0.1) is 6.58 Å². The van der Waals surface area contributed by atoms with E-state index in [2.05, 4.69) is 11.9 Å². The van der Waals surface area contributed by atoms with Crippen molar-refractivity contribution in [3.63, 3.8) is 0 Å². The maximum Gasteiger partial charge on any atom is 0.262 e. The fraction of sp³-hybridized carbons (Fsp3) is 0.172. The zero-order valence-electron chi connectivity index (χ0n) is 20.1. The lowest BCUT2D eigenvalue weighted by molar-refractivity contribution is -0.117. The van der Waals surface area contributed by atoms with Gasteiger partial charge in [0.25, 0.3) is 5.91 Å². The van der Waals surface area contributed by atoms with E-state index in [0.717, 1.165) is 16.7 Å². The lowest BCUT2D eigenvalue weighted by Crippen LogP contribution is -2.27.